The molecule has 5 heteroatoms. The third-order valence-electron chi connectivity index (χ3n) is 2.45. The third-order valence-corrected chi connectivity index (χ3v) is 4.31. The number of nitrogens with zero attached hydrogens (tertiary/aromatic N) is 3. The quantitative estimate of drug-likeness (QED) is 0.839. The molecular formula is C13H17N3S2. The highest BCUT2D eigenvalue weighted by Gasteiger charge is 2.02. The highest BCUT2D eigenvalue weighted by Crippen LogP contribution is 2.20. The van der Waals surface area contributed by atoms with Crippen molar-refractivity contribution in [1.82, 2.24) is 9.97 Å². The standard InChI is InChI=1S/C13H17N3S2/c1-10-15-12(9-18-10)8-17-7-11-4-5-14-13(6-11)16(2)3/h4-6,9H,7-8H2,1-3H3. The summed E-state index contributed by atoms with van der Waals surface area (Å²) in [4.78, 5) is 10.8. The van der Waals surface area contributed by atoms with E-state index >= 15 is 0 Å². The molecule has 0 radical (unpaired) electrons. The van der Waals surface area contributed by atoms with Gasteiger partial charge >= 0.3 is 0 Å². The van der Waals surface area contributed by atoms with Gasteiger partial charge in [-0.3, -0.25) is 0 Å². The SMILES string of the molecule is Cc1nc(CSCc2ccnc(N(C)C)c2)cs1. The second-order valence-electron chi connectivity index (χ2n) is 4.27. The Kier molecular flexibility index (Phi) is 4.60. The second-order valence-corrected chi connectivity index (χ2v) is 6.32. The lowest BCUT2D eigenvalue weighted by molar-refractivity contribution is 1.06. The van der Waals surface area contributed by atoms with Crippen LogP contribution in [0, 0.1) is 6.92 Å². The number of hydrogen-bond donors (Lipinski definition) is 0. The van der Waals surface area contributed by atoms with Crippen LogP contribution >= 0.6 is 23.1 Å². The lowest BCUT2D eigenvalue weighted by Crippen LogP contribution is -2.10. The smallest absolute Gasteiger partial charge is 0.128 e. The molecule has 2 aromatic rings. The van der Waals surface area contributed by atoms with Gasteiger partial charge in [0.05, 0.1) is 10.7 Å². The van der Waals surface area contributed by atoms with Crippen LogP contribution in [-0.2, 0) is 11.5 Å². The van der Waals surface area contributed by atoms with Gasteiger partial charge in [0.25, 0.3) is 0 Å². The van der Waals surface area contributed by atoms with Crippen molar-refractivity contribution in [2.45, 2.75) is 18.4 Å². The van der Waals surface area contributed by atoms with E-state index in [4.69, 9.17) is 0 Å². The van der Waals surface area contributed by atoms with Gasteiger partial charge < -0.3 is 4.90 Å². The first-order valence-corrected chi connectivity index (χ1v) is 7.79. The van der Waals surface area contributed by atoms with Crippen LogP contribution in [0.4, 0.5) is 5.82 Å². The molecule has 2 aromatic heterocycles. The zero-order valence-corrected chi connectivity index (χ0v) is 12.5. The van der Waals surface area contributed by atoms with E-state index in [1.807, 2.05) is 43.9 Å². The Balaban J connectivity index is 1.88. The Morgan fingerprint density at radius 1 is 1.33 bits per heavy atom. The molecule has 0 spiro atoms. The van der Waals surface area contributed by atoms with Crippen molar-refractivity contribution in [2.24, 2.45) is 0 Å². The first-order chi connectivity index (χ1) is 8.65. The summed E-state index contributed by atoms with van der Waals surface area (Å²) < 4.78 is 0. The molecule has 0 aromatic carbocycles. The lowest BCUT2D eigenvalue weighted by atomic mass is 10.3. The average Bonchev–Trinajstić information content (AvgIpc) is 2.75. The fourth-order valence-electron chi connectivity index (χ4n) is 1.54. The number of pyridine rings is 1. The first kappa shape index (κ1) is 13.4. The molecule has 0 aliphatic carbocycles. The molecule has 2 rings (SSSR count). The third kappa shape index (κ3) is 3.71. The zero-order chi connectivity index (χ0) is 13.0. The summed E-state index contributed by atoms with van der Waals surface area (Å²) in [5.74, 6) is 2.99. The maximum absolute atomic E-state index is 4.46. The maximum atomic E-state index is 4.46. The predicted molar refractivity (Wildman–Crippen MR) is 80.4 cm³/mol. The van der Waals surface area contributed by atoms with Gasteiger partial charge in [-0.05, 0) is 24.6 Å². The van der Waals surface area contributed by atoms with Crippen molar-refractivity contribution in [3.8, 4) is 0 Å². The number of aryl methyl sites for hydroxylation is 1. The van der Waals surface area contributed by atoms with E-state index in [1.54, 1.807) is 11.3 Å². The molecule has 2 heterocycles. The van der Waals surface area contributed by atoms with E-state index in [0.717, 1.165) is 22.3 Å². The van der Waals surface area contributed by atoms with Crippen molar-refractivity contribution in [3.05, 3.63) is 40.0 Å². The summed E-state index contributed by atoms with van der Waals surface area (Å²) in [6.45, 7) is 2.05. The van der Waals surface area contributed by atoms with Crippen LogP contribution in [0.1, 0.15) is 16.3 Å². The van der Waals surface area contributed by atoms with Crippen molar-refractivity contribution in [2.75, 3.05) is 19.0 Å². The highest BCUT2D eigenvalue weighted by atomic mass is 32.2. The van der Waals surface area contributed by atoms with Gasteiger partial charge in [0.1, 0.15) is 5.82 Å². The number of hydrogen-bond acceptors (Lipinski definition) is 5. The molecule has 0 aliphatic rings. The first-order valence-electron chi connectivity index (χ1n) is 5.76. The molecule has 0 aliphatic heterocycles. The molecule has 3 nitrogen and oxygen atoms in total. The fraction of sp³-hybridized carbons (Fsp3) is 0.385. The number of anilines is 1. The molecule has 0 unspecified atom stereocenters. The Labute approximate surface area is 116 Å². The van der Waals surface area contributed by atoms with Crippen LogP contribution in [-0.4, -0.2) is 24.1 Å². The van der Waals surface area contributed by atoms with E-state index in [1.165, 1.54) is 11.3 Å². The van der Waals surface area contributed by atoms with Crippen molar-refractivity contribution in [3.63, 3.8) is 0 Å². The Bertz CT molecular complexity index is 508. The number of rotatable bonds is 5. The molecule has 0 saturated heterocycles. The van der Waals surface area contributed by atoms with Gasteiger partial charge in [0, 0.05) is 37.2 Å². The molecule has 0 fully saturated rings. The monoisotopic (exact) mass is 279 g/mol. The molecule has 0 saturated carbocycles. The van der Waals surface area contributed by atoms with Gasteiger partial charge in [0.2, 0.25) is 0 Å². The highest BCUT2D eigenvalue weighted by molar-refractivity contribution is 7.97. The zero-order valence-electron chi connectivity index (χ0n) is 10.9. The average molecular weight is 279 g/mol. The van der Waals surface area contributed by atoms with Gasteiger partial charge in [-0.2, -0.15) is 11.8 Å². The van der Waals surface area contributed by atoms with E-state index < -0.39 is 0 Å². The van der Waals surface area contributed by atoms with Crippen LogP contribution in [0.25, 0.3) is 0 Å². The van der Waals surface area contributed by atoms with Crippen molar-refractivity contribution >= 4 is 28.9 Å². The van der Waals surface area contributed by atoms with Crippen molar-refractivity contribution in [1.29, 1.82) is 0 Å². The molecule has 96 valence electrons. The molecule has 18 heavy (non-hydrogen) atoms. The van der Waals surface area contributed by atoms with Gasteiger partial charge in [-0.1, -0.05) is 0 Å². The number of thiazole rings is 1. The van der Waals surface area contributed by atoms with Gasteiger partial charge in [-0.15, -0.1) is 11.3 Å². The molecule has 0 amide bonds. The molecule has 0 N–H and O–H groups in total. The Hall–Kier alpha value is -1.07. The van der Waals surface area contributed by atoms with E-state index in [0.29, 0.717) is 0 Å². The Morgan fingerprint density at radius 2 is 2.17 bits per heavy atom. The maximum Gasteiger partial charge on any atom is 0.128 e. The van der Waals surface area contributed by atoms with Crippen LogP contribution in [0.15, 0.2) is 23.7 Å². The fourth-order valence-corrected chi connectivity index (χ4v) is 3.14. The van der Waals surface area contributed by atoms with Gasteiger partial charge in [0.15, 0.2) is 0 Å². The van der Waals surface area contributed by atoms with Crippen molar-refractivity contribution < 1.29 is 0 Å². The van der Waals surface area contributed by atoms with Crippen LogP contribution < -0.4 is 4.90 Å². The summed E-state index contributed by atoms with van der Waals surface area (Å²) in [6.07, 6.45) is 1.87. The normalized spacial score (nSPS) is 10.6. The second kappa shape index (κ2) is 6.20. The minimum atomic E-state index is 0.976. The number of thioether (sulfide) groups is 1. The van der Waals surface area contributed by atoms with Crippen LogP contribution in [0.5, 0.6) is 0 Å². The van der Waals surface area contributed by atoms with Crippen LogP contribution in [0.3, 0.4) is 0 Å². The summed E-state index contributed by atoms with van der Waals surface area (Å²) in [6, 6.07) is 4.21. The largest absolute Gasteiger partial charge is 0.363 e. The minimum absolute atomic E-state index is 0.976. The molecule has 0 bridgehead atoms. The van der Waals surface area contributed by atoms with E-state index in [-0.39, 0.29) is 0 Å². The van der Waals surface area contributed by atoms with E-state index in [9.17, 15) is 0 Å². The number of aromatic nitrogens is 2. The topological polar surface area (TPSA) is 29.0 Å². The van der Waals surface area contributed by atoms with Gasteiger partial charge in [-0.25, -0.2) is 9.97 Å². The summed E-state index contributed by atoms with van der Waals surface area (Å²) in [5.41, 5.74) is 2.50. The molecule has 0 atom stereocenters. The lowest BCUT2D eigenvalue weighted by Gasteiger charge is -2.11. The predicted octanol–water partition coefficient (Wildman–Crippen LogP) is 3.35. The Morgan fingerprint density at radius 3 is 2.83 bits per heavy atom. The minimum Gasteiger partial charge on any atom is -0.363 e. The molecular weight excluding hydrogens is 262 g/mol. The van der Waals surface area contributed by atoms with E-state index in [2.05, 4.69) is 27.5 Å². The summed E-state index contributed by atoms with van der Waals surface area (Å²) >= 11 is 3.61. The summed E-state index contributed by atoms with van der Waals surface area (Å²) in [7, 11) is 4.02. The summed E-state index contributed by atoms with van der Waals surface area (Å²) in [5, 5.41) is 3.28. The van der Waals surface area contributed by atoms with Crippen LogP contribution in [0.2, 0.25) is 0 Å².